The second-order valence-electron chi connectivity index (χ2n) is 3.77. The molecule has 0 amide bonds. The Morgan fingerprint density at radius 2 is 1.56 bits per heavy atom. The van der Waals surface area contributed by atoms with E-state index in [0.717, 1.165) is 0 Å². The predicted molar refractivity (Wildman–Crippen MR) is 47.9 cm³/mol. The van der Waals surface area contributed by atoms with Crippen LogP contribution in [0, 0.1) is 23.3 Å². The van der Waals surface area contributed by atoms with Crippen LogP contribution in [0.2, 0.25) is 0 Å². The third-order valence-corrected chi connectivity index (χ3v) is 2.49. The lowest BCUT2D eigenvalue weighted by Gasteiger charge is -2.32. The molecule has 0 heterocycles. The van der Waals surface area contributed by atoms with Crippen LogP contribution in [0.15, 0.2) is 6.07 Å². The lowest BCUT2D eigenvalue weighted by Crippen LogP contribution is -2.43. The number of nitrogens with two attached hydrogens (primary N) is 1. The normalized spacial score (nSPS) is 24.1. The lowest BCUT2D eigenvalue weighted by atomic mass is 9.90. The third-order valence-electron chi connectivity index (χ3n) is 2.49. The van der Waals surface area contributed by atoms with E-state index in [4.69, 9.17) is 10.5 Å². The van der Waals surface area contributed by atoms with Crippen molar-refractivity contribution in [3.63, 3.8) is 0 Å². The van der Waals surface area contributed by atoms with Gasteiger partial charge in [-0.3, -0.25) is 0 Å². The van der Waals surface area contributed by atoms with Gasteiger partial charge < -0.3 is 10.5 Å². The minimum atomic E-state index is -1.51. The van der Waals surface area contributed by atoms with E-state index < -0.39 is 35.1 Å². The molecule has 0 aliphatic heterocycles. The van der Waals surface area contributed by atoms with Crippen LogP contribution in [-0.4, -0.2) is 12.1 Å². The van der Waals surface area contributed by atoms with Gasteiger partial charge in [0, 0.05) is 12.1 Å². The fourth-order valence-corrected chi connectivity index (χ4v) is 1.52. The third kappa shape index (κ3) is 1.84. The first kappa shape index (κ1) is 11.2. The Balaban J connectivity index is 2.25. The van der Waals surface area contributed by atoms with E-state index in [1.165, 1.54) is 0 Å². The summed E-state index contributed by atoms with van der Waals surface area (Å²) in [6.45, 7) is 0. The van der Waals surface area contributed by atoms with Gasteiger partial charge in [0.05, 0.1) is 0 Å². The molecule has 0 saturated heterocycles. The monoisotopic (exact) mass is 235 g/mol. The zero-order valence-electron chi connectivity index (χ0n) is 8.14. The molecule has 0 atom stereocenters. The van der Waals surface area contributed by atoms with Gasteiger partial charge in [-0.15, -0.1) is 0 Å². The summed E-state index contributed by atoms with van der Waals surface area (Å²) in [6, 6.07) is 0.0545. The first-order valence-electron chi connectivity index (χ1n) is 4.74. The highest BCUT2D eigenvalue weighted by atomic mass is 19.2. The molecule has 0 bridgehead atoms. The van der Waals surface area contributed by atoms with Gasteiger partial charge in [-0.1, -0.05) is 0 Å². The maximum absolute atomic E-state index is 13.1. The van der Waals surface area contributed by atoms with Gasteiger partial charge in [0.2, 0.25) is 11.6 Å². The smallest absolute Gasteiger partial charge is 0.203 e. The highest BCUT2D eigenvalue weighted by Gasteiger charge is 2.31. The molecule has 88 valence electrons. The van der Waals surface area contributed by atoms with Crippen LogP contribution in [0.4, 0.5) is 17.6 Å². The molecule has 16 heavy (non-hydrogen) atoms. The van der Waals surface area contributed by atoms with Crippen molar-refractivity contribution in [1.82, 2.24) is 0 Å². The second kappa shape index (κ2) is 3.93. The van der Waals surface area contributed by atoms with Gasteiger partial charge in [-0.25, -0.2) is 8.78 Å². The summed E-state index contributed by atoms with van der Waals surface area (Å²) in [5.74, 6) is -6.98. The molecule has 0 radical (unpaired) electrons. The molecule has 0 unspecified atom stereocenters. The lowest BCUT2D eigenvalue weighted by molar-refractivity contribution is 0.0892. The van der Waals surface area contributed by atoms with Crippen molar-refractivity contribution in [2.24, 2.45) is 5.73 Å². The van der Waals surface area contributed by atoms with Gasteiger partial charge in [0.15, 0.2) is 17.4 Å². The Morgan fingerprint density at radius 1 is 1.06 bits per heavy atom. The van der Waals surface area contributed by atoms with E-state index in [2.05, 4.69) is 0 Å². The highest BCUT2D eigenvalue weighted by molar-refractivity contribution is 5.29. The molecule has 2 nitrogen and oxygen atoms in total. The summed E-state index contributed by atoms with van der Waals surface area (Å²) in [7, 11) is 0. The Hall–Kier alpha value is -1.30. The average Bonchev–Trinajstić information content (AvgIpc) is 2.18. The molecule has 1 aliphatic rings. The first-order valence-corrected chi connectivity index (χ1v) is 4.74. The topological polar surface area (TPSA) is 35.2 Å². The summed E-state index contributed by atoms with van der Waals surface area (Å²) in [5, 5.41) is 0. The summed E-state index contributed by atoms with van der Waals surface area (Å²) >= 11 is 0. The van der Waals surface area contributed by atoms with Gasteiger partial charge >= 0.3 is 0 Å². The molecule has 2 N–H and O–H groups in total. The fourth-order valence-electron chi connectivity index (χ4n) is 1.52. The quantitative estimate of drug-likeness (QED) is 0.629. The molecule has 1 aliphatic carbocycles. The standard InChI is InChI=1S/C10H9F4NO/c11-6-3-7(12)9(14)10(8(6)13)16-5-1-4(15)2-5/h3-5H,1-2,15H2. The Kier molecular flexibility index (Phi) is 2.75. The summed E-state index contributed by atoms with van der Waals surface area (Å²) in [6.07, 6.45) is 0.341. The minimum Gasteiger partial charge on any atom is -0.484 e. The highest BCUT2D eigenvalue weighted by Crippen LogP contribution is 2.31. The van der Waals surface area contributed by atoms with Crippen LogP contribution in [-0.2, 0) is 0 Å². The number of hydrogen-bond acceptors (Lipinski definition) is 2. The molecule has 0 aromatic heterocycles. The summed E-state index contributed by atoms with van der Waals surface area (Å²) in [5.41, 5.74) is 5.44. The molecule has 0 spiro atoms. The average molecular weight is 235 g/mol. The summed E-state index contributed by atoms with van der Waals surface area (Å²) in [4.78, 5) is 0. The molecular formula is C10H9F4NO. The van der Waals surface area contributed by atoms with Crippen LogP contribution in [0.3, 0.4) is 0 Å². The van der Waals surface area contributed by atoms with E-state index in [-0.39, 0.29) is 12.1 Å². The van der Waals surface area contributed by atoms with Crippen molar-refractivity contribution < 1.29 is 22.3 Å². The molecule has 6 heteroatoms. The van der Waals surface area contributed by atoms with E-state index >= 15 is 0 Å². The zero-order valence-corrected chi connectivity index (χ0v) is 8.14. The van der Waals surface area contributed by atoms with Gasteiger partial charge in [0.1, 0.15) is 6.10 Å². The van der Waals surface area contributed by atoms with Crippen molar-refractivity contribution in [3.05, 3.63) is 29.3 Å². The fraction of sp³-hybridized carbons (Fsp3) is 0.400. The Morgan fingerprint density at radius 3 is 2.00 bits per heavy atom. The summed E-state index contributed by atoms with van der Waals surface area (Å²) < 4.78 is 56.6. The van der Waals surface area contributed by atoms with Gasteiger partial charge in [-0.2, -0.15) is 8.78 Å². The number of halogens is 4. The van der Waals surface area contributed by atoms with Crippen molar-refractivity contribution in [3.8, 4) is 5.75 Å². The van der Waals surface area contributed by atoms with Crippen molar-refractivity contribution >= 4 is 0 Å². The van der Waals surface area contributed by atoms with Crippen LogP contribution < -0.4 is 10.5 Å². The predicted octanol–water partition coefficient (Wildman–Crippen LogP) is 2.11. The molecule has 2 rings (SSSR count). The molecular weight excluding hydrogens is 226 g/mol. The SMILES string of the molecule is NC1CC(Oc2c(F)c(F)cc(F)c2F)C1. The Bertz CT molecular complexity index is 392. The van der Waals surface area contributed by atoms with Crippen LogP contribution >= 0.6 is 0 Å². The molecule has 1 fully saturated rings. The maximum atomic E-state index is 13.1. The molecule has 1 saturated carbocycles. The first-order chi connectivity index (χ1) is 7.49. The maximum Gasteiger partial charge on any atom is 0.203 e. The number of hydrogen-bond donors (Lipinski definition) is 1. The van der Waals surface area contributed by atoms with Crippen molar-refractivity contribution in [2.75, 3.05) is 0 Å². The van der Waals surface area contributed by atoms with E-state index in [0.29, 0.717) is 12.8 Å². The van der Waals surface area contributed by atoms with Crippen molar-refractivity contribution in [1.29, 1.82) is 0 Å². The van der Waals surface area contributed by atoms with Crippen molar-refractivity contribution in [2.45, 2.75) is 25.0 Å². The minimum absolute atomic E-state index is 0.0884. The van der Waals surface area contributed by atoms with Gasteiger partial charge in [-0.05, 0) is 12.8 Å². The zero-order chi connectivity index (χ0) is 11.9. The number of rotatable bonds is 2. The van der Waals surface area contributed by atoms with Crippen LogP contribution in [0.1, 0.15) is 12.8 Å². The van der Waals surface area contributed by atoms with E-state index in [9.17, 15) is 17.6 Å². The van der Waals surface area contributed by atoms with Crippen LogP contribution in [0.25, 0.3) is 0 Å². The largest absolute Gasteiger partial charge is 0.484 e. The second-order valence-corrected chi connectivity index (χ2v) is 3.77. The Labute approximate surface area is 89.0 Å². The van der Waals surface area contributed by atoms with Gasteiger partial charge in [0.25, 0.3) is 0 Å². The molecule has 1 aromatic rings. The van der Waals surface area contributed by atoms with E-state index in [1.54, 1.807) is 0 Å². The van der Waals surface area contributed by atoms with Crippen LogP contribution in [0.5, 0.6) is 5.75 Å². The number of ether oxygens (including phenoxy) is 1. The molecule has 1 aromatic carbocycles. The van der Waals surface area contributed by atoms with E-state index in [1.807, 2.05) is 0 Å². The number of benzene rings is 1.